The molecule has 3 aromatic rings. The van der Waals surface area contributed by atoms with Crippen molar-refractivity contribution in [3.05, 3.63) is 94.3 Å². The molecule has 0 saturated heterocycles. The van der Waals surface area contributed by atoms with Crippen LogP contribution in [0.1, 0.15) is 41.0 Å². The summed E-state index contributed by atoms with van der Waals surface area (Å²) >= 11 is 0. The normalized spacial score (nSPS) is 12.1. The second kappa shape index (κ2) is 11.9. The topological polar surface area (TPSA) is 76.3 Å². The minimum atomic E-state index is -0.400. The summed E-state index contributed by atoms with van der Waals surface area (Å²) < 4.78 is 13.2. The van der Waals surface area contributed by atoms with E-state index >= 15 is 0 Å². The Balaban J connectivity index is 1.65. The van der Waals surface area contributed by atoms with E-state index in [2.05, 4.69) is 16.8 Å². The third-order valence-electron chi connectivity index (χ3n) is 5.63. The first-order valence-electron chi connectivity index (χ1n) is 11.3. The zero-order chi connectivity index (χ0) is 24.5. The zero-order valence-electron chi connectivity index (χ0n) is 20.2. The van der Waals surface area contributed by atoms with Crippen LogP contribution in [0.4, 0.5) is 0 Å². The number of nitrogens with zero attached hydrogens (tertiary/aromatic N) is 2. The number of benzene rings is 2. The fraction of sp³-hybridized carbons (Fsp3) is 0.286. The third kappa shape index (κ3) is 6.37. The first-order chi connectivity index (χ1) is 16.4. The summed E-state index contributed by atoms with van der Waals surface area (Å²) in [4.78, 5) is 12.7. The summed E-state index contributed by atoms with van der Waals surface area (Å²) in [6, 6.07) is 21.7. The number of methoxy groups -OCH3 is 1. The van der Waals surface area contributed by atoms with Gasteiger partial charge in [0.15, 0.2) is 0 Å². The molecule has 0 spiro atoms. The van der Waals surface area contributed by atoms with E-state index in [0.29, 0.717) is 19.8 Å². The maximum absolute atomic E-state index is 12.7. The third-order valence-corrected chi connectivity index (χ3v) is 5.63. The fourth-order valence-corrected chi connectivity index (χ4v) is 4.04. The molecule has 1 atom stereocenters. The van der Waals surface area contributed by atoms with Gasteiger partial charge in [-0.2, -0.15) is 5.26 Å². The minimum Gasteiger partial charge on any atom is -0.489 e. The van der Waals surface area contributed by atoms with Gasteiger partial charge in [0, 0.05) is 25.0 Å². The number of para-hydroxylation sites is 1. The van der Waals surface area contributed by atoms with Crippen molar-refractivity contribution in [1.29, 1.82) is 5.26 Å². The van der Waals surface area contributed by atoms with Gasteiger partial charge in [0.1, 0.15) is 24.0 Å². The molecule has 0 fully saturated rings. The van der Waals surface area contributed by atoms with Crippen LogP contribution in [0.2, 0.25) is 0 Å². The lowest BCUT2D eigenvalue weighted by Crippen LogP contribution is -2.24. The number of ether oxygens (including phenoxy) is 2. The van der Waals surface area contributed by atoms with Gasteiger partial charge < -0.3 is 19.4 Å². The molecule has 1 amide bonds. The second-order valence-electron chi connectivity index (χ2n) is 8.28. The van der Waals surface area contributed by atoms with Gasteiger partial charge in [-0.05, 0) is 61.7 Å². The Kier molecular flexibility index (Phi) is 8.66. The number of carbonyl (C=O) groups is 1. The quantitative estimate of drug-likeness (QED) is 0.339. The molecule has 1 aromatic heterocycles. The monoisotopic (exact) mass is 457 g/mol. The van der Waals surface area contributed by atoms with E-state index < -0.39 is 5.91 Å². The molecule has 6 nitrogen and oxygen atoms in total. The summed E-state index contributed by atoms with van der Waals surface area (Å²) in [5.41, 5.74) is 4.92. The molecule has 1 unspecified atom stereocenters. The predicted octanol–water partition coefficient (Wildman–Crippen LogP) is 5.11. The van der Waals surface area contributed by atoms with Gasteiger partial charge in [-0.3, -0.25) is 4.79 Å². The van der Waals surface area contributed by atoms with Crippen molar-refractivity contribution < 1.29 is 14.3 Å². The van der Waals surface area contributed by atoms with Crippen LogP contribution in [0.5, 0.6) is 5.75 Å². The molecular formula is C28H31N3O3. The smallest absolute Gasteiger partial charge is 0.262 e. The summed E-state index contributed by atoms with van der Waals surface area (Å²) in [6.07, 6.45) is 1.65. The molecule has 34 heavy (non-hydrogen) atoms. The van der Waals surface area contributed by atoms with Crippen molar-refractivity contribution in [2.24, 2.45) is 0 Å². The standard InChI is InChI=1S/C28H31N3O3/c1-20-13-25(22(3)31(20)21(2)18-33-4)15-26(16-29)28(32)30-17-23-9-8-10-24(14-23)19-34-27-11-6-5-7-12-27/h5-15,21H,17-19H2,1-4H3,(H,30,32)/b26-15-. The maximum atomic E-state index is 12.7. The van der Waals surface area contributed by atoms with Gasteiger partial charge in [-0.15, -0.1) is 0 Å². The first kappa shape index (κ1) is 24.8. The number of rotatable bonds is 10. The Bertz CT molecular complexity index is 1190. The molecule has 3 rings (SSSR count). The highest BCUT2D eigenvalue weighted by Gasteiger charge is 2.16. The van der Waals surface area contributed by atoms with E-state index in [0.717, 1.165) is 33.8 Å². The van der Waals surface area contributed by atoms with Crippen LogP contribution in [0.15, 0.2) is 66.2 Å². The maximum Gasteiger partial charge on any atom is 0.262 e. The Morgan fingerprint density at radius 2 is 1.85 bits per heavy atom. The van der Waals surface area contributed by atoms with E-state index in [1.807, 2.05) is 80.6 Å². The summed E-state index contributed by atoms with van der Waals surface area (Å²) in [7, 11) is 1.68. The number of nitriles is 1. The molecular weight excluding hydrogens is 426 g/mol. The highest BCUT2D eigenvalue weighted by molar-refractivity contribution is 6.01. The number of nitrogens with one attached hydrogen (secondary N) is 1. The summed E-state index contributed by atoms with van der Waals surface area (Å²) in [6.45, 7) is 7.42. The van der Waals surface area contributed by atoms with Gasteiger partial charge in [-0.1, -0.05) is 42.5 Å². The Hall–Kier alpha value is -3.82. The zero-order valence-corrected chi connectivity index (χ0v) is 20.2. The lowest BCUT2D eigenvalue weighted by atomic mass is 10.1. The number of carbonyl (C=O) groups excluding carboxylic acids is 1. The largest absolute Gasteiger partial charge is 0.489 e. The van der Waals surface area contributed by atoms with E-state index in [-0.39, 0.29) is 11.6 Å². The van der Waals surface area contributed by atoms with Crippen molar-refractivity contribution in [2.45, 2.75) is 40.0 Å². The number of aromatic nitrogens is 1. The summed E-state index contributed by atoms with van der Waals surface area (Å²) in [5, 5.41) is 12.5. The van der Waals surface area contributed by atoms with Crippen molar-refractivity contribution in [3.8, 4) is 11.8 Å². The molecule has 2 aromatic carbocycles. The number of hydrogen-bond acceptors (Lipinski definition) is 4. The SMILES string of the molecule is COCC(C)n1c(C)cc(/C=C(/C#N)C(=O)NCc2cccc(COc3ccccc3)c2)c1C. The molecule has 6 heteroatoms. The van der Waals surface area contributed by atoms with Crippen molar-refractivity contribution in [1.82, 2.24) is 9.88 Å². The summed E-state index contributed by atoms with van der Waals surface area (Å²) in [5.74, 6) is 0.407. The lowest BCUT2D eigenvalue weighted by molar-refractivity contribution is -0.117. The molecule has 1 N–H and O–H groups in total. The van der Waals surface area contributed by atoms with Gasteiger partial charge in [0.05, 0.1) is 12.6 Å². The Morgan fingerprint density at radius 1 is 1.12 bits per heavy atom. The highest BCUT2D eigenvalue weighted by Crippen LogP contribution is 2.23. The van der Waals surface area contributed by atoms with Crippen LogP contribution in [-0.2, 0) is 22.7 Å². The van der Waals surface area contributed by atoms with E-state index in [1.165, 1.54) is 0 Å². The van der Waals surface area contributed by atoms with E-state index in [4.69, 9.17) is 9.47 Å². The Morgan fingerprint density at radius 3 is 2.56 bits per heavy atom. The molecule has 176 valence electrons. The van der Waals surface area contributed by atoms with Crippen molar-refractivity contribution in [3.63, 3.8) is 0 Å². The highest BCUT2D eigenvalue weighted by atomic mass is 16.5. The Labute approximate surface area is 201 Å². The van der Waals surface area contributed by atoms with Crippen LogP contribution < -0.4 is 10.1 Å². The average molecular weight is 458 g/mol. The fourth-order valence-electron chi connectivity index (χ4n) is 4.04. The van der Waals surface area contributed by atoms with Crippen molar-refractivity contribution in [2.75, 3.05) is 13.7 Å². The second-order valence-corrected chi connectivity index (χ2v) is 8.28. The number of amides is 1. The molecule has 0 aliphatic carbocycles. The predicted molar refractivity (Wildman–Crippen MR) is 133 cm³/mol. The van der Waals surface area contributed by atoms with Crippen LogP contribution in [-0.4, -0.2) is 24.2 Å². The van der Waals surface area contributed by atoms with Crippen LogP contribution in [0, 0.1) is 25.2 Å². The van der Waals surface area contributed by atoms with Gasteiger partial charge in [0.2, 0.25) is 0 Å². The van der Waals surface area contributed by atoms with Crippen molar-refractivity contribution >= 4 is 12.0 Å². The van der Waals surface area contributed by atoms with Gasteiger partial charge in [-0.25, -0.2) is 0 Å². The van der Waals surface area contributed by atoms with Gasteiger partial charge in [0.25, 0.3) is 5.91 Å². The first-order valence-corrected chi connectivity index (χ1v) is 11.3. The van der Waals surface area contributed by atoms with Gasteiger partial charge >= 0.3 is 0 Å². The number of aryl methyl sites for hydroxylation is 1. The molecule has 0 aliphatic rings. The molecule has 1 heterocycles. The lowest BCUT2D eigenvalue weighted by Gasteiger charge is -2.17. The molecule has 0 aliphatic heterocycles. The van der Waals surface area contributed by atoms with E-state index in [9.17, 15) is 10.1 Å². The number of hydrogen-bond donors (Lipinski definition) is 1. The van der Waals surface area contributed by atoms with E-state index in [1.54, 1.807) is 13.2 Å². The van der Waals surface area contributed by atoms with Crippen LogP contribution >= 0.6 is 0 Å². The average Bonchev–Trinajstić information content (AvgIpc) is 3.13. The van der Waals surface area contributed by atoms with Crippen LogP contribution in [0.25, 0.3) is 6.08 Å². The van der Waals surface area contributed by atoms with Crippen LogP contribution in [0.3, 0.4) is 0 Å². The molecule has 0 saturated carbocycles. The molecule has 0 radical (unpaired) electrons. The molecule has 0 bridgehead atoms. The minimum absolute atomic E-state index is 0.0724.